The average molecular weight is 562 g/mol. The lowest BCUT2D eigenvalue weighted by Gasteiger charge is -2.20. The second-order valence-corrected chi connectivity index (χ2v) is 9.50. The summed E-state index contributed by atoms with van der Waals surface area (Å²) in [5.41, 5.74) is -0.523. The highest BCUT2D eigenvalue weighted by molar-refractivity contribution is 6.99. The zero-order valence-electron chi connectivity index (χ0n) is 20.0. The number of halogens is 2. The van der Waals surface area contributed by atoms with Crippen LogP contribution in [-0.2, 0) is 9.57 Å². The summed E-state index contributed by atoms with van der Waals surface area (Å²) in [6.45, 7) is -1.19. The van der Waals surface area contributed by atoms with E-state index in [0.29, 0.717) is 11.3 Å². The SMILES string of the molecule is O=C1O[C@@H](CN(C(=O)O)c2cnsn2)CN1c1ccc(-c2ccc(C3=NOC(CO)(CO)C3)cc2F)c(F)c1. The van der Waals surface area contributed by atoms with E-state index in [9.17, 15) is 24.9 Å². The van der Waals surface area contributed by atoms with Crippen LogP contribution in [0, 0.1) is 11.6 Å². The molecule has 0 unspecified atom stereocenters. The Morgan fingerprint density at radius 3 is 2.46 bits per heavy atom. The van der Waals surface area contributed by atoms with Crippen LogP contribution < -0.4 is 9.80 Å². The lowest BCUT2D eigenvalue weighted by Crippen LogP contribution is -2.38. The van der Waals surface area contributed by atoms with Crippen molar-refractivity contribution in [1.82, 2.24) is 8.75 Å². The normalized spacial score (nSPS) is 18.1. The number of amides is 2. The van der Waals surface area contributed by atoms with Gasteiger partial charge in [-0.15, -0.1) is 0 Å². The standard InChI is InChI=1S/C24H21F2N5O7S/c25-18-5-13(20-7-24(11-32,12-33)38-28-20)1-3-16(18)17-4-2-14(6-19(17)26)30-9-15(37-23(30)36)10-31(22(34)35)21-8-27-39-29-21/h1-6,8,15,32-33H,7,9-12H2,(H,34,35)/t15-/m1/s1. The Morgan fingerprint density at radius 1 is 1.15 bits per heavy atom. The van der Waals surface area contributed by atoms with Gasteiger partial charge in [-0.25, -0.2) is 18.4 Å². The van der Waals surface area contributed by atoms with E-state index in [0.717, 1.165) is 33.7 Å². The Morgan fingerprint density at radius 2 is 1.87 bits per heavy atom. The van der Waals surface area contributed by atoms with Gasteiger partial charge in [0.05, 0.1) is 55.6 Å². The Balaban J connectivity index is 1.31. The van der Waals surface area contributed by atoms with Crippen molar-refractivity contribution in [3.05, 3.63) is 59.8 Å². The third kappa shape index (κ3) is 5.10. The molecular weight excluding hydrogens is 540 g/mol. The van der Waals surface area contributed by atoms with E-state index in [1.54, 1.807) is 0 Å². The summed E-state index contributed by atoms with van der Waals surface area (Å²) < 4.78 is 43.1. The van der Waals surface area contributed by atoms with Crippen LogP contribution in [0.2, 0.25) is 0 Å². The minimum absolute atomic E-state index is 0.0336. The monoisotopic (exact) mass is 561 g/mol. The van der Waals surface area contributed by atoms with Crippen molar-refractivity contribution in [3.8, 4) is 11.1 Å². The molecule has 0 aliphatic carbocycles. The summed E-state index contributed by atoms with van der Waals surface area (Å²) in [6.07, 6.45) is -1.58. The highest BCUT2D eigenvalue weighted by atomic mass is 32.1. The second kappa shape index (κ2) is 10.5. The fraction of sp³-hybridized carbons (Fsp3) is 0.292. The zero-order chi connectivity index (χ0) is 27.7. The minimum atomic E-state index is -1.30. The summed E-state index contributed by atoms with van der Waals surface area (Å²) in [7, 11) is 0. The molecule has 2 aliphatic rings. The van der Waals surface area contributed by atoms with E-state index in [2.05, 4.69) is 13.9 Å². The Hall–Kier alpha value is -4.21. The number of carbonyl (C=O) groups excluding carboxylic acids is 1. The maximum atomic E-state index is 15.1. The number of aromatic nitrogens is 2. The first-order valence-electron chi connectivity index (χ1n) is 11.6. The maximum absolute atomic E-state index is 15.1. The maximum Gasteiger partial charge on any atom is 0.414 e. The van der Waals surface area contributed by atoms with E-state index in [4.69, 9.17) is 9.57 Å². The van der Waals surface area contributed by atoms with E-state index >= 15 is 8.78 Å². The van der Waals surface area contributed by atoms with Crippen molar-refractivity contribution in [2.24, 2.45) is 5.16 Å². The van der Waals surface area contributed by atoms with Crippen LogP contribution in [-0.4, -0.2) is 80.0 Å². The van der Waals surface area contributed by atoms with Crippen molar-refractivity contribution in [2.75, 3.05) is 36.1 Å². The minimum Gasteiger partial charge on any atom is -0.465 e. The number of hydrogen-bond donors (Lipinski definition) is 3. The molecule has 3 heterocycles. The van der Waals surface area contributed by atoms with E-state index < -0.39 is 48.7 Å². The first-order chi connectivity index (χ1) is 18.7. The second-order valence-electron chi connectivity index (χ2n) is 8.94. The summed E-state index contributed by atoms with van der Waals surface area (Å²) in [4.78, 5) is 31.3. The molecule has 12 nitrogen and oxygen atoms in total. The van der Waals surface area contributed by atoms with Gasteiger partial charge in [-0.05, 0) is 24.3 Å². The van der Waals surface area contributed by atoms with Gasteiger partial charge < -0.3 is 24.9 Å². The number of rotatable bonds is 8. The Bertz CT molecular complexity index is 1430. The average Bonchev–Trinajstić information content (AvgIpc) is 3.68. The number of carboxylic acid groups (broad SMARTS) is 1. The molecule has 1 saturated heterocycles. The first-order valence-corrected chi connectivity index (χ1v) is 12.3. The molecule has 3 aromatic rings. The number of aliphatic hydroxyl groups excluding tert-OH is 2. The summed E-state index contributed by atoms with van der Waals surface area (Å²) in [6, 6.07) is 7.87. The van der Waals surface area contributed by atoms with Crippen molar-refractivity contribution in [3.63, 3.8) is 0 Å². The van der Waals surface area contributed by atoms with E-state index in [-0.39, 0.29) is 42.1 Å². The van der Waals surface area contributed by atoms with Gasteiger partial charge in [0.25, 0.3) is 0 Å². The molecule has 2 aliphatic heterocycles. The van der Waals surface area contributed by atoms with Gasteiger partial charge in [-0.1, -0.05) is 17.3 Å². The largest absolute Gasteiger partial charge is 0.465 e. The number of nitrogens with zero attached hydrogens (tertiary/aromatic N) is 5. The van der Waals surface area contributed by atoms with Gasteiger partial charge >= 0.3 is 12.2 Å². The van der Waals surface area contributed by atoms with E-state index in [1.807, 2.05) is 0 Å². The third-order valence-electron chi connectivity index (χ3n) is 6.39. The topological polar surface area (TPSA) is 158 Å². The fourth-order valence-corrected chi connectivity index (χ4v) is 4.70. The van der Waals surface area contributed by atoms with Crippen LogP contribution in [0.3, 0.4) is 0 Å². The zero-order valence-corrected chi connectivity index (χ0v) is 20.8. The molecule has 1 aromatic heterocycles. The van der Waals surface area contributed by atoms with Gasteiger partial charge in [-0.2, -0.15) is 8.75 Å². The predicted molar refractivity (Wildman–Crippen MR) is 134 cm³/mol. The van der Waals surface area contributed by atoms with Gasteiger partial charge in [0, 0.05) is 23.1 Å². The molecule has 39 heavy (non-hydrogen) atoms. The number of benzene rings is 2. The van der Waals surface area contributed by atoms with Gasteiger partial charge in [0.2, 0.25) is 0 Å². The van der Waals surface area contributed by atoms with Crippen molar-refractivity contribution < 1.29 is 43.3 Å². The van der Waals surface area contributed by atoms with Crippen LogP contribution in [0.5, 0.6) is 0 Å². The molecule has 2 aromatic carbocycles. The summed E-state index contributed by atoms with van der Waals surface area (Å²) >= 11 is 0.831. The molecule has 0 radical (unpaired) electrons. The molecule has 1 atom stereocenters. The van der Waals surface area contributed by atoms with Gasteiger partial charge in [0.15, 0.2) is 11.4 Å². The van der Waals surface area contributed by atoms with Crippen molar-refractivity contribution in [1.29, 1.82) is 0 Å². The van der Waals surface area contributed by atoms with Crippen LogP contribution in [0.15, 0.2) is 47.8 Å². The Kier molecular flexibility index (Phi) is 7.12. The Labute approximate surface area is 223 Å². The van der Waals surface area contributed by atoms with Gasteiger partial charge in [-0.3, -0.25) is 9.80 Å². The summed E-state index contributed by atoms with van der Waals surface area (Å²) in [5.74, 6) is -1.44. The summed E-state index contributed by atoms with van der Waals surface area (Å²) in [5, 5.41) is 32.2. The molecule has 1 fully saturated rings. The lowest BCUT2D eigenvalue weighted by molar-refractivity contribution is -0.0878. The number of anilines is 2. The number of cyclic esters (lactones) is 1. The molecular formula is C24H21F2N5O7S. The fourth-order valence-electron chi connectivity index (χ4n) is 4.28. The number of hydrogen-bond acceptors (Lipinski definition) is 10. The van der Waals surface area contributed by atoms with Crippen LogP contribution in [0.25, 0.3) is 11.1 Å². The first kappa shape index (κ1) is 26.4. The molecule has 3 N–H and O–H groups in total. The third-order valence-corrected chi connectivity index (χ3v) is 6.86. The highest BCUT2D eigenvalue weighted by Crippen LogP contribution is 2.33. The molecule has 5 rings (SSSR count). The highest BCUT2D eigenvalue weighted by Gasteiger charge is 2.39. The van der Waals surface area contributed by atoms with Gasteiger partial charge in [0.1, 0.15) is 17.7 Å². The number of oxime groups is 1. The molecule has 2 amide bonds. The van der Waals surface area contributed by atoms with Crippen LogP contribution in [0.4, 0.5) is 29.9 Å². The van der Waals surface area contributed by atoms with Crippen molar-refractivity contribution >= 4 is 41.1 Å². The smallest absolute Gasteiger partial charge is 0.414 e. The number of aliphatic hydroxyl groups is 2. The van der Waals surface area contributed by atoms with Crippen LogP contribution >= 0.6 is 11.7 Å². The molecule has 15 heteroatoms. The molecule has 0 saturated carbocycles. The van der Waals surface area contributed by atoms with E-state index in [1.165, 1.54) is 30.5 Å². The number of ether oxygens (including phenoxy) is 1. The molecule has 0 bridgehead atoms. The van der Waals surface area contributed by atoms with Crippen molar-refractivity contribution in [2.45, 2.75) is 18.1 Å². The molecule has 204 valence electrons. The lowest BCUT2D eigenvalue weighted by atomic mass is 9.94. The number of carbonyl (C=O) groups is 2. The predicted octanol–water partition coefficient (Wildman–Crippen LogP) is 2.84. The van der Waals surface area contributed by atoms with Crippen LogP contribution in [0.1, 0.15) is 12.0 Å². The molecule has 0 spiro atoms. The quantitative estimate of drug-likeness (QED) is 0.376.